The van der Waals surface area contributed by atoms with Crippen LogP contribution in [0.4, 0.5) is 5.69 Å². The molecule has 3 aromatic rings. The molecule has 1 N–H and O–H groups in total. The molecule has 2 aromatic carbocycles. The van der Waals surface area contributed by atoms with Crippen molar-refractivity contribution in [1.82, 2.24) is 14.7 Å². The van der Waals surface area contributed by atoms with Gasteiger partial charge in [0.25, 0.3) is 5.91 Å². The zero-order valence-corrected chi connectivity index (χ0v) is 18.7. The zero-order chi connectivity index (χ0) is 23.3. The van der Waals surface area contributed by atoms with Crippen LogP contribution in [0.15, 0.2) is 54.6 Å². The van der Waals surface area contributed by atoms with Crippen molar-refractivity contribution >= 4 is 35.1 Å². The van der Waals surface area contributed by atoms with E-state index in [1.165, 1.54) is 11.9 Å². The van der Waals surface area contributed by atoms with Crippen molar-refractivity contribution in [3.05, 3.63) is 76.6 Å². The maximum absolute atomic E-state index is 12.3. The van der Waals surface area contributed by atoms with Crippen LogP contribution in [0.3, 0.4) is 0 Å². The summed E-state index contributed by atoms with van der Waals surface area (Å²) in [4.78, 5) is 37.8. The first kappa shape index (κ1) is 23.0. The van der Waals surface area contributed by atoms with E-state index < -0.39 is 24.4 Å². The molecular weight excluding hydrogens is 432 g/mol. The molecule has 0 saturated carbocycles. The lowest BCUT2D eigenvalue weighted by molar-refractivity contribution is -0.136. The molecule has 0 saturated heterocycles. The van der Waals surface area contributed by atoms with Gasteiger partial charge in [-0.25, -0.2) is 9.48 Å². The summed E-state index contributed by atoms with van der Waals surface area (Å²) < 4.78 is 6.87. The number of amides is 2. The van der Waals surface area contributed by atoms with Crippen LogP contribution in [0.25, 0.3) is 5.69 Å². The molecule has 8 nitrogen and oxygen atoms in total. The topological polar surface area (TPSA) is 93.5 Å². The predicted octanol–water partition coefficient (Wildman–Crippen LogP) is 3.40. The second-order valence-corrected chi connectivity index (χ2v) is 7.65. The largest absolute Gasteiger partial charge is 0.452 e. The Morgan fingerprint density at radius 2 is 1.78 bits per heavy atom. The van der Waals surface area contributed by atoms with Crippen LogP contribution in [0.2, 0.25) is 5.02 Å². The molecule has 32 heavy (non-hydrogen) atoms. The van der Waals surface area contributed by atoms with E-state index in [-0.39, 0.29) is 6.54 Å². The number of rotatable bonds is 7. The maximum atomic E-state index is 12.3. The summed E-state index contributed by atoms with van der Waals surface area (Å²) >= 11 is 6.01. The number of likely N-dealkylation sites (N-methyl/N-ethyl adjacent to an activating group) is 1. The van der Waals surface area contributed by atoms with Gasteiger partial charge in [-0.3, -0.25) is 9.59 Å². The Morgan fingerprint density at radius 1 is 1.09 bits per heavy atom. The number of aryl methyl sites for hydroxylation is 2. The van der Waals surface area contributed by atoms with E-state index in [9.17, 15) is 14.4 Å². The quantitative estimate of drug-likeness (QED) is 0.552. The number of hydrogen-bond acceptors (Lipinski definition) is 5. The summed E-state index contributed by atoms with van der Waals surface area (Å²) in [5, 5.41) is 7.43. The van der Waals surface area contributed by atoms with Gasteiger partial charge in [0.05, 0.1) is 34.2 Å². The Morgan fingerprint density at radius 3 is 2.41 bits per heavy atom. The monoisotopic (exact) mass is 454 g/mol. The molecule has 166 valence electrons. The lowest BCUT2D eigenvalue weighted by Gasteiger charge is -2.17. The van der Waals surface area contributed by atoms with E-state index in [1.54, 1.807) is 53.2 Å². The standard InChI is InChI=1S/C23H23ClN4O4/c1-15-12-16(2)28(26-15)18-10-8-17(9-11-18)23(31)32-14-22(30)27(3)13-21(29)25-20-7-5-4-6-19(20)24/h4-12H,13-14H2,1-3H3,(H,25,29). The normalized spacial score (nSPS) is 10.5. The molecule has 0 aliphatic carbocycles. The SMILES string of the molecule is Cc1cc(C)n(-c2ccc(C(=O)OCC(=O)N(C)CC(=O)Nc3ccccc3Cl)cc2)n1. The van der Waals surface area contributed by atoms with E-state index in [1.807, 2.05) is 19.9 Å². The van der Waals surface area contributed by atoms with Crippen LogP contribution < -0.4 is 5.32 Å². The second kappa shape index (κ2) is 10.1. The lowest BCUT2D eigenvalue weighted by atomic mass is 10.2. The van der Waals surface area contributed by atoms with Gasteiger partial charge in [-0.15, -0.1) is 0 Å². The van der Waals surface area contributed by atoms with Crippen molar-refractivity contribution in [3.8, 4) is 5.69 Å². The van der Waals surface area contributed by atoms with Crippen LogP contribution >= 0.6 is 11.6 Å². The Hall–Kier alpha value is -3.65. The van der Waals surface area contributed by atoms with Gasteiger partial charge in [-0.05, 0) is 56.3 Å². The molecular formula is C23H23ClN4O4. The van der Waals surface area contributed by atoms with Crippen LogP contribution in [0.5, 0.6) is 0 Å². The highest BCUT2D eigenvalue weighted by molar-refractivity contribution is 6.33. The molecule has 2 amide bonds. The molecule has 0 spiro atoms. The molecule has 3 rings (SSSR count). The molecule has 0 aliphatic rings. The number of nitrogens with zero attached hydrogens (tertiary/aromatic N) is 3. The molecule has 1 heterocycles. The van der Waals surface area contributed by atoms with Crippen LogP contribution in [-0.4, -0.2) is 52.7 Å². The third-order valence-electron chi connectivity index (χ3n) is 4.64. The summed E-state index contributed by atoms with van der Waals surface area (Å²) in [6.07, 6.45) is 0. The third-order valence-corrected chi connectivity index (χ3v) is 4.97. The number of para-hydroxylation sites is 1. The van der Waals surface area contributed by atoms with Gasteiger partial charge in [0, 0.05) is 12.7 Å². The number of anilines is 1. The molecule has 0 unspecified atom stereocenters. The molecule has 0 radical (unpaired) electrons. The molecule has 9 heteroatoms. The Labute approximate surface area is 190 Å². The Balaban J connectivity index is 1.50. The van der Waals surface area contributed by atoms with Crippen LogP contribution in [-0.2, 0) is 14.3 Å². The summed E-state index contributed by atoms with van der Waals surface area (Å²) in [7, 11) is 1.45. The average molecular weight is 455 g/mol. The van der Waals surface area contributed by atoms with E-state index in [0.717, 1.165) is 17.1 Å². The Kier molecular flexibility index (Phi) is 7.27. The summed E-state index contributed by atoms with van der Waals surface area (Å²) in [5.74, 6) is -1.56. The maximum Gasteiger partial charge on any atom is 0.338 e. The second-order valence-electron chi connectivity index (χ2n) is 7.24. The van der Waals surface area contributed by atoms with Gasteiger partial charge >= 0.3 is 5.97 Å². The molecule has 0 atom stereocenters. The Bertz CT molecular complexity index is 1140. The fourth-order valence-electron chi connectivity index (χ4n) is 3.01. The summed E-state index contributed by atoms with van der Waals surface area (Å²) in [5.41, 5.74) is 3.45. The number of benzene rings is 2. The number of ether oxygens (including phenoxy) is 1. The minimum Gasteiger partial charge on any atom is -0.452 e. The highest BCUT2D eigenvalue weighted by Gasteiger charge is 2.17. The van der Waals surface area contributed by atoms with Crippen molar-refractivity contribution < 1.29 is 19.1 Å². The van der Waals surface area contributed by atoms with E-state index in [4.69, 9.17) is 16.3 Å². The molecule has 0 bridgehead atoms. The molecule has 1 aromatic heterocycles. The minimum absolute atomic E-state index is 0.209. The van der Waals surface area contributed by atoms with Gasteiger partial charge in [0.2, 0.25) is 5.91 Å². The van der Waals surface area contributed by atoms with Crippen LogP contribution in [0, 0.1) is 13.8 Å². The summed E-state index contributed by atoms with van der Waals surface area (Å²) in [6.45, 7) is 3.16. The van der Waals surface area contributed by atoms with Gasteiger partial charge in [0.15, 0.2) is 6.61 Å². The first-order valence-corrected chi connectivity index (χ1v) is 10.2. The number of hydrogen-bond donors (Lipinski definition) is 1. The number of esters is 1. The zero-order valence-electron chi connectivity index (χ0n) is 18.0. The first-order valence-electron chi connectivity index (χ1n) is 9.84. The molecule has 0 aliphatic heterocycles. The number of aromatic nitrogens is 2. The fraction of sp³-hybridized carbons (Fsp3) is 0.217. The van der Waals surface area contributed by atoms with Gasteiger partial charge in [-0.1, -0.05) is 23.7 Å². The highest BCUT2D eigenvalue weighted by atomic mass is 35.5. The van der Waals surface area contributed by atoms with Crippen molar-refractivity contribution in [3.63, 3.8) is 0 Å². The van der Waals surface area contributed by atoms with Crippen molar-refractivity contribution in [2.45, 2.75) is 13.8 Å². The van der Waals surface area contributed by atoms with Gasteiger partial charge < -0.3 is 15.0 Å². The number of nitrogens with one attached hydrogen (secondary N) is 1. The van der Waals surface area contributed by atoms with Gasteiger partial charge in [0.1, 0.15) is 0 Å². The first-order chi connectivity index (χ1) is 15.2. The van der Waals surface area contributed by atoms with E-state index in [2.05, 4.69) is 10.4 Å². The van der Waals surface area contributed by atoms with Gasteiger partial charge in [-0.2, -0.15) is 5.10 Å². The van der Waals surface area contributed by atoms with Crippen molar-refractivity contribution in [2.24, 2.45) is 0 Å². The smallest absolute Gasteiger partial charge is 0.338 e. The highest BCUT2D eigenvalue weighted by Crippen LogP contribution is 2.20. The predicted molar refractivity (Wildman–Crippen MR) is 121 cm³/mol. The third kappa shape index (κ3) is 5.73. The van der Waals surface area contributed by atoms with Crippen molar-refractivity contribution in [2.75, 3.05) is 25.5 Å². The number of halogens is 1. The fourth-order valence-corrected chi connectivity index (χ4v) is 3.19. The van der Waals surface area contributed by atoms with Crippen LogP contribution in [0.1, 0.15) is 21.7 Å². The van der Waals surface area contributed by atoms with E-state index in [0.29, 0.717) is 16.3 Å². The average Bonchev–Trinajstić information content (AvgIpc) is 3.11. The minimum atomic E-state index is -0.632. The number of carbonyl (C=O) groups is 3. The summed E-state index contributed by atoms with van der Waals surface area (Å²) in [6, 6.07) is 15.5. The lowest BCUT2D eigenvalue weighted by Crippen LogP contribution is -2.37. The van der Waals surface area contributed by atoms with Crippen molar-refractivity contribution in [1.29, 1.82) is 0 Å². The number of carbonyl (C=O) groups excluding carboxylic acids is 3. The van der Waals surface area contributed by atoms with E-state index >= 15 is 0 Å². The molecule has 0 fully saturated rings.